The number of thioether (sulfide) groups is 1. The third kappa shape index (κ3) is 5.79. The van der Waals surface area contributed by atoms with E-state index in [1.54, 1.807) is 0 Å². The molecule has 90 valence electrons. The topological polar surface area (TPSA) is 32.3 Å². The summed E-state index contributed by atoms with van der Waals surface area (Å²) in [6, 6.07) is 0.761. The lowest BCUT2D eigenvalue weighted by Crippen LogP contribution is -2.38. The Kier molecular flexibility index (Phi) is 7.49. The SMILES string of the molecule is C[C@@H]1CCCC[C@@H]1NCCSCCCO. The van der Waals surface area contributed by atoms with Gasteiger partial charge in [-0.25, -0.2) is 0 Å². The molecule has 0 amide bonds. The minimum Gasteiger partial charge on any atom is -0.396 e. The fraction of sp³-hybridized carbons (Fsp3) is 1.00. The molecule has 2 N–H and O–H groups in total. The molecule has 0 bridgehead atoms. The van der Waals surface area contributed by atoms with E-state index in [2.05, 4.69) is 12.2 Å². The van der Waals surface area contributed by atoms with Crippen molar-refractivity contribution in [2.75, 3.05) is 24.7 Å². The zero-order chi connectivity index (χ0) is 10.9. The van der Waals surface area contributed by atoms with E-state index in [4.69, 9.17) is 5.11 Å². The Morgan fingerprint density at radius 3 is 2.80 bits per heavy atom. The first-order valence-corrected chi connectivity index (χ1v) is 7.42. The minimum absolute atomic E-state index is 0.333. The predicted molar refractivity (Wildman–Crippen MR) is 68.5 cm³/mol. The van der Waals surface area contributed by atoms with Crippen molar-refractivity contribution in [3.63, 3.8) is 0 Å². The molecule has 1 aliphatic carbocycles. The third-order valence-electron chi connectivity index (χ3n) is 3.21. The Hall–Kier alpha value is 0.270. The van der Waals surface area contributed by atoms with Crippen molar-refractivity contribution in [3.05, 3.63) is 0 Å². The first kappa shape index (κ1) is 13.3. The summed E-state index contributed by atoms with van der Waals surface area (Å²) in [6.45, 7) is 3.83. The number of aliphatic hydroxyl groups is 1. The normalized spacial score (nSPS) is 26.8. The van der Waals surface area contributed by atoms with Crippen molar-refractivity contribution in [1.82, 2.24) is 5.32 Å². The molecular weight excluding hydrogens is 206 g/mol. The van der Waals surface area contributed by atoms with Crippen LogP contribution in [0.25, 0.3) is 0 Å². The zero-order valence-electron chi connectivity index (χ0n) is 9.87. The second kappa shape index (κ2) is 8.43. The fourth-order valence-electron chi connectivity index (χ4n) is 2.20. The second-order valence-corrected chi connectivity index (χ2v) is 5.74. The van der Waals surface area contributed by atoms with Crippen LogP contribution in [-0.4, -0.2) is 35.8 Å². The first-order valence-electron chi connectivity index (χ1n) is 6.26. The highest BCUT2D eigenvalue weighted by atomic mass is 32.2. The van der Waals surface area contributed by atoms with Crippen LogP contribution in [0.4, 0.5) is 0 Å². The Balaban J connectivity index is 1.94. The molecule has 2 nitrogen and oxygen atoms in total. The zero-order valence-corrected chi connectivity index (χ0v) is 10.7. The lowest BCUT2D eigenvalue weighted by atomic mass is 9.86. The molecule has 1 fully saturated rings. The van der Waals surface area contributed by atoms with Crippen molar-refractivity contribution in [2.45, 2.75) is 45.1 Å². The van der Waals surface area contributed by atoms with Gasteiger partial charge in [0.1, 0.15) is 0 Å². The molecule has 0 aromatic heterocycles. The molecule has 0 saturated heterocycles. The van der Waals surface area contributed by atoms with Crippen molar-refractivity contribution in [2.24, 2.45) is 5.92 Å². The van der Waals surface area contributed by atoms with Crippen LogP contribution in [0.3, 0.4) is 0 Å². The van der Waals surface area contributed by atoms with E-state index in [9.17, 15) is 0 Å². The standard InChI is InChI=1S/C12H25NOS/c1-11-5-2-3-6-12(11)13-7-10-15-9-4-8-14/h11-14H,2-10H2,1H3/t11-,12+/m1/s1. The average Bonchev–Trinajstić information content (AvgIpc) is 2.25. The van der Waals surface area contributed by atoms with Crippen LogP contribution in [0.2, 0.25) is 0 Å². The van der Waals surface area contributed by atoms with Gasteiger partial charge >= 0.3 is 0 Å². The van der Waals surface area contributed by atoms with Gasteiger partial charge in [0, 0.05) is 24.9 Å². The van der Waals surface area contributed by atoms with Gasteiger partial charge in [0.05, 0.1) is 0 Å². The number of hydrogen-bond acceptors (Lipinski definition) is 3. The number of nitrogens with one attached hydrogen (secondary N) is 1. The van der Waals surface area contributed by atoms with Crippen molar-refractivity contribution in [3.8, 4) is 0 Å². The highest BCUT2D eigenvalue weighted by Gasteiger charge is 2.19. The van der Waals surface area contributed by atoms with E-state index in [0.717, 1.165) is 30.7 Å². The quantitative estimate of drug-likeness (QED) is 0.659. The molecule has 0 heterocycles. The summed E-state index contributed by atoms with van der Waals surface area (Å²) in [7, 11) is 0. The highest BCUT2D eigenvalue weighted by Crippen LogP contribution is 2.23. The van der Waals surface area contributed by atoms with Crippen molar-refractivity contribution in [1.29, 1.82) is 0 Å². The monoisotopic (exact) mass is 231 g/mol. The van der Waals surface area contributed by atoms with Crippen LogP contribution in [0.1, 0.15) is 39.0 Å². The molecular formula is C12H25NOS. The maximum atomic E-state index is 8.63. The van der Waals surface area contributed by atoms with Gasteiger partial charge in [0.25, 0.3) is 0 Å². The van der Waals surface area contributed by atoms with Crippen molar-refractivity contribution < 1.29 is 5.11 Å². The minimum atomic E-state index is 0.333. The van der Waals surface area contributed by atoms with Gasteiger partial charge < -0.3 is 10.4 Å². The van der Waals surface area contributed by atoms with Crippen LogP contribution in [0, 0.1) is 5.92 Å². The summed E-state index contributed by atoms with van der Waals surface area (Å²) in [5.41, 5.74) is 0. The molecule has 1 aliphatic rings. The van der Waals surface area contributed by atoms with Crippen molar-refractivity contribution >= 4 is 11.8 Å². The molecule has 1 saturated carbocycles. The molecule has 0 unspecified atom stereocenters. The average molecular weight is 231 g/mol. The van der Waals surface area contributed by atoms with Gasteiger partial charge in [0.15, 0.2) is 0 Å². The summed E-state index contributed by atoms with van der Waals surface area (Å²) in [4.78, 5) is 0. The summed E-state index contributed by atoms with van der Waals surface area (Å²) >= 11 is 1.95. The van der Waals surface area contributed by atoms with Crippen LogP contribution < -0.4 is 5.32 Å². The van der Waals surface area contributed by atoms with E-state index in [1.165, 1.54) is 31.4 Å². The Bertz CT molecular complexity index is 155. The maximum absolute atomic E-state index is 8.63. The highest BCUT2D eigenvalue weighted by molar-refractivity contribution is 7.99. The van der Waals surface area contributed by atoms with Crippen LogP contribution in [-0.2, 0) is 0 Å². The van der Waals surface area contributed by atoms with Gasteiger partial charge in [0.2, 0.25) is 0 Å². The van der Waals surface area contributed by atoms with Gasteiger partial charge in [-0.15, -0.1) is 0 Å². The Morgan fingerprint density at radius 1 is 1.27 bits per heavy atom. The smallest absolute Gasteiger partial charge is 0.0438 e. The molecule has 1 rings (SSSR count). The van der Waals surface area contributed by atoms with E-state index in [-0.39, 0.29) is 0 Å². The van der Waals surface area contributed by atoms with E-state index in [0.29, 0.717) is 6.61 Å². The number of rotatable bonds is 7. The molecule has 15 heavy (non-hydrogen) atoms. The van der Waals surface area contributed by atoms with E-state index >= 15 is 0 Å². The second-order valence-electron chi connectivity index (χ2n) is 4.51. The van der Waals surface area contributed by atoms with Gasteiger partial charge in [-0.3, -0.25) is 0 Å². The summed E-state index contributed by atoms with van der Waals surface area (Å²) in [5.74, 6) is 3.14. The lowest BCUT2D eigenvalue weighted by molar-refractivity contribution is 0.285. The van der Waals surface area contributed by atoms with Gasteiger partial charge in [-0.2, -0.15) is 11.8 Å². The van der Waals surface area contributed by atoms with E-state index in [1.807, 2.05) is 11.8 Å². The Morgan fingerprint density at radius 2 is 2.07 bits per heavy atom. The maximum Gasteiger partial charge on any atom is 0.0438 e. The molecule has 2 atom stereocenters. The number of aliphatic hydroxyl groups excluding tert-OH is 1. The predicted octanol–water partition coefficient (Wildman–Crippen LogP) is 2.27. The van der Waals surface area contributed by atoms with Crippen LogP contribution in [0.15, 0.2) is 0 Å². The molecule has 0 radical (unpaired) electrons. The van der Waals surface area contributed by atoms with Crippen LogP contribution >= 0.6 is 11.8 Å². The Labute approximate surface area is 98.2 Å². The summed E-state index contributed by atoms with van der Waals surface area (Å²) in [6.07, 6.45) is 6.52. The van der Waals surface area contributed by atoms with Gasteiger partial charge in [-0.1, -0.05) is 19.8 Å². The molecule has 0 aliphatic heterocycles. The summed E-state index contributed by atoms with van der Waals surface area (Å²) in [5, 5.41) is 12.3. The number of hydrogen-bond donors (Lipinski definition) is 2. The fourth-order valence-corrected chi connectivity index (χ4v) is 3.00. The molecule has 3 heteroatoms. The lowest BCUT2D eigenvalue weighted by Gasteiger charge is -2.29. The molecule has 0 aromatic carbocycles. The third-order valence-corrected chi connectivity index (χ3v) is 4.28. The molecule has 0 spiro atoms. The largest absolute Gasteiger partial charge is 0.396 e. The van der Waals surface area contributed by atoms with Gasteiger partial charge in [-0.05, 0) is 30.9 Å². The summed E-state index contributed by atoms with van der Waals surface area (Å²) < 4.78 is 0. The molecule has 0 aromatic rings. The van der Waals surface area contributed by atoms with E-state index < -0.39 is 0 Å². The van der Waals surface area contributed by atoms with Crippen LogP contribution in [0.5, 0.6) is 0 Å². The first-order chi connectivity index (χ1) is 7.34.